The van der Waals surface area contributed by atoms with Crippen LogP contribution in [0.3, 0.4) is 0 Å². The molecule has 0 aliphatic carbocycles. The molecule has 0 radical (unpaired) electrons. The average Bonchev–Trinajstić information content (AvgIpc) is 2.53. The van der Waals surface area contributed by atoms with Crippen molar-refractivity contribution in [1.29, 1.82) is 0 Å². The van der Waals surface area contributed by atoms with E-state index in [2.05, 4.69) is 0 Å². The zero-order chi connectivity index (χ0) is 19.1. The predicted octanol–water partition coefficient (Wildman–Crippen LogP) is 0.659. The van der Waals surface area contributed by atoms with Gasteiger partial charge in [-0.05, 0) is 35.4 Å². The molecule has 2 atom stereocenters. The first kappa shape index (κ1) is 19.7. The van der Waals surface area contributed by atoms with Crippen LogP contribution in [0.15, 0.2) is 42.5 Å². The van der Waals surface area contributed by atoms with Crippen LogP contribution in [0.5, 0.6) is 17.2 Å². The van der Waals surface area contributed by atoms with E-state index in [1.165, 1.54) is 36.4 Å². The molecule has 0 aromatic heterocycles. The summed E-state index contributed by atoms with van der Waals surface area (Å²) in [5.74, 6) is -2.64. The van der Waals surface area contributed by atoms with Gasteiger partial charge in [0.15, 0.2) is 0 Å². The number of carboxylic acids is 2. The fourth-order valence-electron chi connectivity index (χ4n) is 1.76. The highest BCUT2D eigenvalue weighted by molar-refractivity contribution is 5.76. The molecule has 0 aliphatic rings. The number of phenolic OH excluding ortho intramolecular Hbond substituents is 3. The molecule has 25 heavy (non-hydrogen) atoms. The normalized spacial score (nSPS) is 12.4. The van der Waals surface area contributed by atoms with Gasteiger partial charge in [0.2, 0.25) is 0 Å². The molecule has 0 saturated heterocycles. The van der Waals surface area contributed by atoms with E-state index in [1.54, 1.807) is 0 Å². The van der Waals surface area contributed by atoms with Crippen LogP contribution in [0.4, 0.5) is 0 Å². The van der Waals surface area contributed by atoms with Gasteiger partial charge in [-0.1, -0.05) is 12.1 Å². The molecule has 0 fully saturated rings. The molecular formula is C16H18N2O7. The Bertz CT molecular complexity index is 726. The van der Waals surface area contributed by atoms with E-state index in [9.17, 15) is 9.59 Å². The van der Waals surface area contributed by atoms with Gasteiger partial charge in [-0.3, -0.25) is 9.59 Å². The third kappa shape index (κ3) is 6.01. The van der Waals surface area contributed by atoms with E-state index < -0.39 is 24.0 Å². The Labute approximate surface area is 142 Å². The molecule has 0 heterocycles. The number of nitrogens with two attached hydrogens (primary N) is 2. The number of hydrogen-bond acceptors (Lipinski definition) is 7. The lowest BCUT2D eigenvalue weighted by molar-refractivity contribution is -0.139. The Hall–Kier alpha value is -3.30. The van der Waals surface area contributed by atoms with Crippen LogP contribution >= 0.6 is 0 Å². The van der Waals surface area contributed by atoms with Gasteiger partial charge < -0.3 is 37.0 Å². The Balaban J connectivity index is 0.000000251. The number of phenols is 3. The smallest absolute Gasteiger partial charge is 0.325 e. The topological polar surface area (TPSA) is 187 Å². The maximum absolute atomic E-state index is 10.4. The Morgan fingerprint density at radius 2 is 1.08 bits per heavy atom. The van der Waals surface area contributed by atoms with E-state index >= 15 is 0 Å². The Morgan fingerprint density at radius 1 is 0.680 bits per heavy atom. The Kier molecular flexibility index (Phi) is 6.73. The lowest BCUT2D eigenvalue weighted by Crippen LogP contribution is -2.20. The molecule has 0 spiro atoms. The largest absolute Gasteiger partial charge is 0.508 e. The van der Waals surface area contributed by atoms with Gasteiger partial charge >= 0.3 is 11.9 Å². The molecule has 0 amide bonds. The third-order valence-electron chi connectivity index (χ3n) is 3.07. The van der Waals surface area contributed by atoms with Gasteiger partial charge in [0.05, 0.1) is 0 Å². The lowest BCUT2D eigenvalue weighted by atomic mass is 10.1. The second-order valence-corrected chi connectivity index (χ2v) is 5.01. The first-order valence-corrected chi connectivity index (χ1v) is 6.90. The summed E-state index contributed by atoms with van der Waals surface area (Å²) in [5, 5.41) is 44.0. The summed E-state index contributed by atoms with van der Waals surface area (Å²) in [6, 6.07) is 6.98. The number of aromatic hydroxyl groups is 3. The molecule has 0 aliphatic heterocycles. The van der Waals surface area contributed by atoms with Crippen molar-refractivity contribution in [2.45, 2.75) is 12.1 Å². The number of carbonyl (C=O) groups is 2. The van der Waals surface area contributed by atoms with Crippen LogP contribution in [0.1, 0.15) is 23.2 Å². The van der Waals surface area contributed by atoms with Crippen LogP contribution in [-0.4, -0.2) is 37.5 Å². The van der Waals surface area contributed by atoms with Gasteiger partial charge in [0.1, 0.15) is 29.3 Å². The van der Waals surface area contributed by atoms with Crippen LogP contribution < -0.4 is 11.5 Å². The monoisotopic (exact) mass is 350 g/mol. The zero-order valence-electron chi connectivity index (χ0n) is 12.9. The molecule has 0 saturated carbocycles. The molecule has 9 N–H and O–H groups in total. The van der Waals surface area contributed by atoms with Gasteiger partial charge in [0.25, 0.3) is 0 Å². The fraction of sp³-hybridized carbons (Fsp3) is 0.125. The summed E-state index contributed by atoms with van der Waals surface area (Å²) in [7, 11) is 0. The van der Waals surface area contributed by atoms with Crippen molar-refractivity contribution in [3.63, 3.8) is 0 Å². The molecular weight excluding hydrogens is 332 g/mol. The van der Waals surface area contributed by atoms with Crippen molar-refractivity contribution >= 4 is 11.9 Å². The van der Waals surface area contributed by atoms with Crippen LogP contribution in [0, 0.1) is 0 Å². The quantitative estimate of drug-likeness (QED) is 0.415. The number of benzene rings is 2. The molecule has 2 aromatic carbocycles. The highest BCUT2D eigenvalue weighted by atomic mass is 16.4. The number of aliphatic carboxylic acids is 2. The molecule has 134 valence electrons. The standard InChI is InChI=1S/C8H9NO4.C8H9NO3/c9-7(8(12)13)4-1-5(10)3-6(11)2-4;9-7(8(11)12)5-1-3-6(10)4-2-5/h1-3,7,10-11H,9H2,(H,12,13);1-4,7,10H,9H2,(H,11,12). The minimum absolute atomic E-state index is 0.0938. The van der Waals surface area contributed by atoms with Crippen molar-refractivity contribution < 1.29 is 35.1 Å². The van der Waals surface area contributed by atoms with E-state index in [1.807, 2.05) is 0 Å². The first-order valence-electron chi connectivity index (χ1n) is 6.90. The lowest BCUT2D eigenvalue weighted by Gasteiger charge is -2.07. The van der Waals surface area contributed by atoms with E-state index in [0.29, 0.717) is 5.56 Å². The molecule has 0 bridgehead atoms. The summed E-state index contributed by atoms with van der Waals surface area (Å²) in [6.45, 7) is 0. The van der Waals surface area contributed by atoms with Crippen molar-refractivity contribution in [3.05, 3.63) is 53.6 Å². The van der Waals surface area contributed by atoms with Gasteiger partial charge in [-0.15, -0.1) is 0 Å². The average molecular weight is 350 g/mol. The predicted molar refractivity (Wildman–Crippen MR) is 87.0 cm³/mol. The van der Waals surface area contributed by atoms with Crippen molar-refractivity contribution in [2.24, 2.45) is 11.5 Å². The van der Waals surface area contributed by atoms with Gasteiger partial charge in [0, 0.05) is 6.07 Å². The van der Waals surface area contributed by atoms with E-state index in [-0.39, 0.29) is 22.8 Å². The summed E-state index contributed by atoms with van der Waals surface area (Å²) < 4.78 is 0. The summed E-state index contributed by atoms with van der Waals surface area (Å²) in [4.78, 5) is 20.8. The first-order chi connectivity index (χ1) is 11.6. The summed E-state index contributed by atoms with van der Waals surface area (Å²) >= 11 is 0. The molecule has 9 heteroatoms. The number of carboxylic acid groups (broad SMARTS) is 2. The molecule has 2 unspecified atom stereocenters. The van der Waals surface area contributed by atoms with Crippen molar-refractivity contribution in [1.82, 2.24) is 0 Å². The minimum Gasteiger partial charge on any atom is -0.508 e. The second-order valence-electron chi connectivity index (χ2n) is 5.01. The van der Waals surface area contributed by atoms with Crippen molar-refractivity contribution in [2.75, 3.05) is 0 Å². The van der Waals surface area contributed by atoms with Gasteiger partial charge in [-0.2, -0.15) is 0 Å². The maximum atomic E-state index is 10.4. The molecule has 2 rings (SSSR count). The Morgan fingerprint density at radius 3 is 1.48 bits per heavy atom. The number of hydrogen-bond donors (Lipinski definition) is 7. The summed E-state index contributed by atoms with van der Waals surface area (Å²) in [5.41, 5.74) is 11.2. The third-order valence-corrected chi connectivity index (χ3v) is 3.07. The molecule has 9 nitrogen and oxygen atoms in total. The maximum Gasteiger partial charge on any atom is 0.325 e. The summed E-state index contributed by atoms with van der Waals surface area (Å²) in [6.07, 6.45) is 0. The minimum atomic E-state index is -1.24. The zero-order valence-corrected chi connectivity index (χ0v) is 12.9. The molecule has 2 aromatic rings. The fourth-order valence-corrected chi connectivity index (χ4v) is 1.76. The van der Waals surface area contributed by atoms with Gasteiger partial charge in [-0.25, -0.2) is 0 Å². The van der Waals surface area contributed by atoms with E-state index in [0.717, 1.165) is 6.07 Å². The highest BCUT2D eigenvalue weighted by Gasteiger charge is 2.15. The van der Waals surface area contributed by atoms with Crippen LogP contribution in [-0.2, 0) is 9.59 Å². The van der Waals surface area contributed by atoms with Crippen LogP contribution in [0.25, 0.3) is 0 Å². The van der Waals surface area contributed by atoms with Crippen molar-refractivity contribution in [3.8, 4) is 17.2 Å². The van der Waals surface area contributed by atoms with Crippen LogP contribution in [0.2, 0.25) is 0 Å². The van der Waals surface area contributed by atoms with E-state index in [4.69, 9.17) is 37.0 Å². The highest BCUT2D eigenvalue weighted by Crippen LogP contribution is 2.23. The number of rotatable bonds is 4. The second kappa shape index (κ2) is 8.52. The SMILES string of the molecule is NC(C(=O)O)c1cc(O)cc(O)c1.NC(C(=O)O)c1ccc(O)cc1.